The number of fused-ring (bicyclic) bond motifs is 2. The molecule has 2 aliphatic rings. The summed E-state index contributed by atoms with van der Waals surface area (Å²) >= 11 is 0. The lowest BCUT2D eigenvalue weighted by Crippen LogP contribution is -2.54. The molecule has 4 nitrogen and oxygen atoms in total. The summed E-state index contributed by atoms with van der Waals surface area (Å²) < 4.78 is 11.5. The van der Waals surface area contributed by atoms with Gasteiger partial charge in [-0.15, -0.1) is 0 Å². The van der Waals surface area contributed by atoms with Crippen LogP contribution < -0.4 is 9.47 Å². The Bertz CT molecular complexity index is 1210. The smallest absolute Gasteiger partial charge is 0.126 e. The minimum atomic E-state index is -1.42. The third kappa shape index (κ3) is 2.92. The maximum absolute atomic E-state index is 12.8. The minimum Gasteiger partial charge on any atom is -0.496 e. The lowest BCUT2D eigenvalue weighted by Gasteiger charge is -2.53. The second-order valence-corrected chi connectivity index (χ2v) is 9.20. The molecule has 3 aromatic rings. The van der Waals surface area contributed by atoms with Crippen molar-refractivity contribution in [1.29, 1.82) is 0 Å². The van der Waals surface area contributed by atoms with E-state index in [1.807, 2.05) is 98.8 Å². The number of benzene rings is 3. The molecule has 0 radical (unpaired) electrons. The minimum absolute atomic E-state index is 0.447. The number of aryl methyl sites for hydroxylation is 2. The van der Waals surface area contributed by atoms with E-state index in [1.165, 1.54) is 0 Å². The number of ether oxygens (including phenoxy) is 2. The first-order valence-corrected chi connectivity index (χ1v) is 11.6. The lowest BCUT2D eigenvalue weighted by atomic mass is 9.54. The Morgan fingerprint density at radius 3 is 1.41 bits per heavy atom. The van der Waals surface area contributed by atoms with Gasteiger partial charge in [0, 0.05) is 23.0 Å². The van der Waals surface area contributed by atoms with Crippen LogP contribution in [0, 0.1) is 25.7 Å². The van der Waals surface area contributed by atoms with Gasteiger partial charge in [0.05, 0.1) is 14.2 Å². The zero-order valence-corrected chi connectivity index (χ0v) is 19.9. The van der Waals surface area contributed by atoms with Gasteiger partial charge in [-0.05, 0) is 48.2 Å². The standard InChI is InChI=1S/C30H30O4/c1-19-11-9-17-25(33-3)27(19)29(31)21-13-5-7-15-23(21)30(32,24-16-8-6-14-22(24)29)28-20(2)12-10-18-26(28)34-4/h5-18,21,23,31-32H,1-4H3. The predicted molar refractivity (Wildman–Crippen MR) is 133 cm³/mol. The van der Waals surface area contributed by atoms with Crippen molar-refractivity contribution in [3.63, 3.8) is 0 Å². The van der Waals surface area contributed by atoms with Gasteiger partial charge in [0.15, 0.2) is 0 Å². The number of hydrogen-bond donors (Lipinski definition) is 2. The molecule has 0 saturated heterocycles. The Balaban J connectivity index is 1.91. The van der Waals surface area contributed by atoms with Crippen LogP contribution in [0.1, 0.15) is 33.4 Å². The van der Waals surface area contributed by atoms with Crippen LogP contribution in [0.25, 0.3) is 0 Å². The first kappa shape index (κ1) is 22.5. The molecule has 0 heterocycles. The van der Waals surface area contributed by atoms with Crippen molar-refractivity contribution >= 4 is 0 Å². The number of rotatable bonds is 4. The summed E-state index contributed by atoms with van der Waals surface area (Å²) in [5.41, 5.74) is 1.79. The van der Waals surface area contributed by atoms with Gasteiger partial charge in [-0.25, -0.2) is 0 Å². The molecule has 0 saturated carbocycles. The van der Waals surface area contributed by atoms with Crippen LogP contribution in [0.3, 0.4) is 0 Å². The van der Waals surface area contributed by atoms with Gasteiger partial charge < -0.3 is 19.7 Å². The Hall–Kier alpha value is -3.34. The Morgan fingerprint density at radius 1 is 0.618 bits per heavy atom. The van der Waals surface area contributed by atoms with Gasteiger partial charge in [-0.1, -0.05) is 72.8 Å². The molecule has 3 aromatic carbocycles. The molecule has 174 valence electrons. The van der Waals surface area contributed by atoms with E-state index >= 15 is 0 Å². The molecule has 4 atom stereocenters. The highest BCUT2D eigenvalue weighted by atomic mass is 16.5. The first-order chi connectivity index (χ1) is 16.4. The van der Waals surface area contributed by atoms with Crippen molar-refractivity contribution in [2.75, 3.05) is 14.2 Å². The summed E-state index contributed by atoms with van der Waals surface area (Å²) in [6.07, 6.45) is 7.89. The summed E-state index contributed by atoms with van der Waals surface area (Å²) in [4.78, 5) is 0. The zero-order valence-electron chi connectivity index (χ0n) is 19.9. The first-order valence-electron chi connectivity index (χ1n) is 11.6. The molecule has 2 aliphatic carbocycles. The second kappa shape index (κ2) is 8.15. The Morgan fingerprint density at radius 2 is 1.03 bits per heavy atom. The SMILES string of the molecule is COc1cccc(C)c1C1(O)c2ccccc2C(O)(c2c(C)cccc2OC)C2C=CC=CC21. The van der Waals surface area contributed by atoms with E-state index in [0.29, 0.717) is 22.6 Å². The van der Waals surface area contributed by atoms with E-state index in [2.05, 4.69) is 0 Å². The van der Waals surface area contributed by atoms with Crippen molar-refractivity contribution < 1.29 is 19.7 Å². The summed E-state index contributed by atoms with van der Waals surface area (Å²) in [6.45, 7) is 3.97. The zero-order chi connectivity index (χ0) is 24.1. The van der Waals surface area contributed by atoms with Gasteiger partial charge in [0.25, 0.3) is 0 Å². The number of hydrogen-bond acceptors (Lipinski definition) is 4. The van der Waals surface area contributed by atoms with Crippen molar-refractivity contribution in [2.45, 2.75) is 25.0 Å². The molecular weight excluding hydrogens is 424 g/mol. The van der Waals surface area contributed by atoms with Gasteiger partial charge in [0.2, 0.25) is 0 Å². The number of methoxy groups -OCH3 is 2. The Kier molecular flexibility index (Phi) is 5.38. The molecule has 4 unspecified atom stereocenters. The monoisotopic (exact) mass is 454 g/mol. The van der Waals surface area contributed by atoms with E-state index in [9.17, 15) is 10.2 Å². The third-order valence-corrected chi connectivity index (χ3v) is 7.52. The van der Waals surface area contributed by atoms with Gasteiger partial charge in [-0.3, -0.25) is 0 Å². The highest BCUT2D eigenvalue weighted by Gasteiger charge is 2.59. The van der Waals surface area contributed by atoms with Crippen LogP contribution in [-0.4, -0.2) is 24.4 Å². The normalized spacial score (nSPS) is 27.1. The average molecular weight is 455 g/mol. The quantitative estimate of drug-likeness (QED) is 0.571. The van der Waals surface area contributed by atoms with Crippen molar-refractivity contribution in [1.82, 2.24) is 0 Å². The summed E-state index contributed by atoms with van der Waals surface area (Å²) in [6, 6.07) is 19.2. The summed E-state index contributed by atoms with van der Waals surface area (Å²) in [5, 5.41) is 25.5. The highest BCUT2D eigenvalue weighted by molar-refractivity contribution is 5.61. The summed E-state index contributed by atoms with van der Waals surface area (Å²) in [5.74, 6) is 0.351. The fourth-order valence-corrected chi connectivity index (χ4v) is 6.11. The van der Waals surface area contributed by atoms with E-state index in [1.54, 1.807) is 14.2 Å². The molecule has 0 bridgehead atoms. The second-order valence-electron chi connectivity index (χ2n) is 9.20. The van der Waals surface area contributed by atoms with Crippen LogP contribution >= 0.6 is 0 Å². The Labute approximate surface area is 200 Å². The average Bonchev–Trinajstić information content (AvgIpc) is 2.87. The summed E-state index contributed by atoms with van der Waals surface area (Å²) in [7, 11) is 3.25. The van der Waals surface area contributed by atoms with Gasteiger partial charge in [0.1, 0.15) is 22.7 Å². The van der Waals surface area contributed by atoms with Crippen molar-refractivity contribution in [2.24, 2.45) is 11.8 Å². The fraction of sp³-hybridized carbons (Fsp3) is 0.267. The molecular formula is C30H30O4. The molecule has 34 heavy (non-hydrogen) atoms. The maximum atomic E-state index is 12.8. The van der Waals surface area contributed by atoms with Crippen LogP contribution in [0.2, 0.25) is 0 Å². The van der Waals surface area contributed by atoms with Crippen LogP contribution in [-0.2, 0) is 11.2 Å². The lowest BCUT2D eigenvalue weighted by molar-refractivity contribution is -0.0736. The van der Waals surface area contributed by atoms with Crippen molar-refractivity contribution in [3.05, 3.63) is 118 Å². The molecule has 0 fully saturated rings. The topological polar surface area (TPSA) is 58.9 Å². The molecule has 4 heteroatoms. The molecule has 2 N–H and O–H groups in total. The maximum Gasteiger partial charge on any atom is 0.126 e. The number of allylic oxidation sites excluding steroid dienone is 2. The largest absolute Gasteiger partial charge is 0.496 e. The van der Waals surface area contributed by atoms with E-state index in [-0.39, 0.29) is 0 Å². The molecule has 0 amide bonds. The molecule has 0 spiro atoms. The fourth-order valence-electron chi connectivity index (χ4n) is 6.11. The van der Waals surface area contributed by atoms with E-state index in [4.69, 9.17) is 9.47 Å². The predicted octanol–water partition coefficient (Wildman–Crippen LogP) is 5.16. The van der Waals surface area contributed by atoms with Crippen molar-refractivity contribution in [3.8, 4) is 11.5 Å². The van der Waals surface area contributed by atoms with Crippen LogP contribution in [0.15, 0.2) is 85.0 Å². The van der Waals surface area contributed by atoms with Crippen LogP contribution in [0.4, 0.5) is 0 Å². The van der Waals surface area contributed by atoms with Gasteiger partial charge in [-0.2, -0.15) is 0 Å². The molecule has 0 aliphatic heterocycles. The van der Waals surface area contributed by atoms with Crippen LogP contribution in [0.5, 0.6) is 11.5 Å². The molecule has 0 aromatic heterocycles. The highest BCUT2D eigenvalue weighted by Crippen LogP contribution is 2.60. The number of aliphatic hydroxyl groups is 2. The van der Waals surface area contributed by atoms with E-state index < -0.39 is 23.0 Å². The molecule has 5 rings (SSSR count). The van der Waals surface area contributed by atoms with E-state index in [0.717, 1.165) is 22.3 Å². The van der Waals surface area contributed by atoms with Gasteiger partial charge >= 0.3 is 0 Å². The third-order valence-electron chi connectivity index (χ3n) is 7.52.